The van der Waals surface area contributed by atoms with E-state index in [1.165, 1.54) is 0 Å². The van der Waals surface area contributed by atoms with Crippen LogP contribution in [0.2, 0.25) is 0 Å². The average molecular weight is 274 g/mol. The summed E-state index contributed by atoms with van der Waals surface area (Å²) in [6.45, 7) is 6.65. The molecule has 0 spiro atoms. The van der Waals surface area contributed by atoms with Crippen molar-refractivity contribution < 1.29 is 10.0 Å². The molecule has 2 rings (SSSR count). The lowest BCUT2D eigenvalue weighted by molar-refractivity contribution is -0.126. The number of carbonyl (C=O) groups excluding carboxylic acids is 1. The van der Waals surface area contributed by atoms with Gasteiger partial charge in [0.05, 0.1) is 11.4 Å². The molecule has 0 saturated carbocycles. The van der Waals surface area contributed by atoms with Crippen LogP contribution in [0.15, 0.2) is 29.4 Å². The SMILES string of the molecule is CCC(C)(C)C(=O)N1CCC/C(=N/O)c2ccccc21. The third-order valence-electron chi connectivity index (χ3n) is 4.13. The quantitative estimate of drug-likeness (QED) is 0.663. The van der Waals surface area contributed by atoms with E-state index >= 15 is 0 Å². The maximum absolute atomic E-state index is 12.8. The summed E-state index contributed by atoms with van der Waals surface area (Å²) in [5, 5.41) is 12.6. The van der Waals surface area contributed by atoms with Gasteiger partial charge in [0, 0.05) is 17.5 Å². The highest BCUT2D eigenvalue weighted by molar-refractivity contribution is 6.09. The first-order valence-corrected chi connectivity index (χ1v) is 7.13. The van der Waals surface area contributed by atoms with Crippen LogP contribution >= 0.6 is 0 Å². The summed E-state index contributed by atoms with van der Waals surface area (Å²) in [5.74, 6) is 0.131. The first-order valence-electron chi connectivity index (χ1n) is 7.13. The first kappa shape index (κ1) is 14.6. The Morgan fingerprint density at radius 1 is 1.40 bits per heavy atom. The summed E-state index contributed by atoms with van der Waals surface area (Å²) in [7, 11) is 0. The first-order chi connectivity index (χ1) is 9.51. The zero-order valence-electron chi connectivity index (χ0n) is 12.4. The molecular weight excluding hydrogens is 252 g/mol. The van der Waals surface area contributed by atoms with Gasteiger partial charge in [-0.1, -0.05) is 44.1 Å². The molecule has 1 aromatic carbocycles. The summed E-state index contributed by atoms with van der Waals surface area (Å²) >= 11 is 0. The van der Waals surface area contributed by atoms with Crippen molar-refractivity contribution in [3.63, 3.8) is 0 Å². The molecule has 1 N–H and O–H groups in total. The molecule has 1 aromatic rings. The smallest absolute Gasteiger partial charge is 0.232 e. The number of nitrogens with zero attached hydrogens (tertiary/aromatic N) is 2. The molecule has 20 heavy (non-hydrogen) atoms. The topological polar surface area (TPSA) is 52.9 Å². The van der Waals surface area contributed by atoms with Gasteiger partial charge in [-0.15, -0.1) is 0 Å². The highest BCUT2D eigenvalue weighted by Gasteiger charge is 2.33. The number of benzene rings is 1. The molecule has 0 unspecified atom stereocenters. The van der Waals surface area contributed by atoms with Gasteiger partial charge in [0.2, 0.25) is 5.91 Å². The van der Waals surface area contributed by atoms with Gasteiger partial charge in [-0.05, 0) is 25.3 Å². The van der Waals surface area contributed by atoms with Gasteiger partial charge in [0.1, 0.15) is 0 Å². The predicted octanol–water partition coefficient (Wildman–Crippen LogP) is 3.43. The van der Waals surface area contributed by atoms with Gasteiger partial charge >= 0.3 is 0 Å². The second-order valence-electron chi connectivity index (χ2n) is 5.86. The largest absolute Gasteiger partial charge is 0.411 e. The van der Waals surface area contributed by atoms with Crippen LogP contribution in [0.1, 0.15) is 45.6 Å². The third kappa shape index (κ3) is 2.55. The summed E-state index contributed by atoms with van der Waals surface area (Å²) in [6, 6.07) is 7.66. The van der Waals surface area contributed by atoms with Gasteiger partial charge in [-0.2, -0.15) is 0 Å². The van der Waals surface area contributed by atoms with Gasteiger partial charge < -0.3 is 10.1 Å². The number of fused-ring (bicyclic) bond motifs is 1. The zero-order chi connectivity index (χ0) is 14.8. The van der Waals surface area contributed by atoms with E-state index in [-0.39, 0.29) is 11.3 Å². The van der Waals surface area contributed by atoms with Crippen LogP contribution in [-0.2, 0) is 4.79 Å². The summed E-state index contributed by atoms with van der Waals surface area (Å²) < 4.78 is 0. The number of amides is 1. The van der Waals surface area contributed by atoms with Gasteiger partial charge in [-0.3, -0.25) is 4.79 Å². The molecule has 0 saturated heterocycles. The van der Waals surface area contributed by atoms with Crippen molar-refractivity contribution in [2.24, 2.45) is 10.6 Å². The Labute approximate surface area is 120 Å². The predicted molar refractivity (Wildman–Crippen MR) is 80.4 cm³/mol. The number of oxime groups is 1. The highest BCUT2D eigenvalue weighted by atomic mass is 16.4. The molecule has 0 bridgehead atoms. The van der Waals surface area contributed by atoms with Gasteiger partial charge in [0.15, 0.2) is 0 Å². The maximum Gasteiger partial charge on any atom is 0.232 e. The number of hydrogen-bond donors (Lipinski definition) is 1. The molecule has 1 heterocycles. The van der Waals surface area contributed by atoms with Crippen LogP contribution in [0.4, 0.5) is 5.69 Å². The zero-order valence-corrected chi connectivity index (χ0v) is 12.4. The fraction of sp³-hybridized carbons (Fsp3) is 0.500. The van der Waals surface area contributed by atoms with Crippen molar-refractivity contribution in [1.29, 1.82) is 0 Å². The molecule has 4 nitrogen and oxygen atoms in total. The van der Waals surface area contributed by atoms with Gasteiger partial charge in [0.25, 0.3) is 0 Å². The Kier molecular flexibility index (Phi) is 4.12. The summed E-state index contributed by atoms with van der Waals surface area (Å²) in [4.78, 5) is 14.6. The number of para-hydroxylation sites is 1. The fourth-order valence-electron chi connectivity index (χ4n) is 2.44. The van der Waals surface area contributed by atoms with Crippen molar-refractivity contribution in [2.75, 3.05) is 11.4 Å². The van der Waals surface area contributed by atoms with E-state index in [2.05, 4.69) is 5.16 Å². The third-order valence-corrected chi connectivity index (χ3v) is 4.13. The van der Waals surface area contributed by atoms with Crippen LogP contribution in [0.3, 0.4) is 0 Å². The van der Waals surface area contributed by atoms with Crippen LogP contribution in [0.25, 0.3) is 0 Å². The second-order valence-corrected chi connectivity index (χ2v) is 5.86. The van der Waals surface area contributed by atoms with E-state index < -0.39 is 0 Å². The fourth-order valence-corrected chi connectivity index (χ4v) is 2.44. The Hall–Kier alpha value is -1.84. The van der Waals surface area contributed by atoms with E-state index in [9.17, 15) is 10.0 Å². The average Bonchev–Trinajstić information content (AvgIpc) is 2.65. The minimum absolute atomic E-state index is 0.131. The minimum atomic E-state index is -0.381. The minimum Gasteiger partial charge on any atom is -0.411 e. The van der Waals surface area contributed by atoms with Crippen molar-refractivity contribution in [3.05, 3.63) is 29.8 Å². The van der Waals surface area contributed by atoms with Crippen molar-refractivity contribution in [1.82, 2.24) is 0 Å². The van der Waals surface area contributed by atoms with Crippen LogP contribution in [0.5, 0.6) is 0 Å². The van der Waals surface area contributed by atoms with Crippen LogP contribution in [0, 0.1) is 5.41 Å². The molecule has 0 radical (unpaired) electrons. The monoisotopic (exact) mass is 274 g/mol. The highest BCUT2D eigenvalue weighted by Crippen LogP contribution is 2.32. The molecule has 0 aromatic heterocycles. The van der Waals surface area contributed by atoms with Gasteiger partial charge in [-0.25, -0.2) is 0 Å². The molecule has 1 aliphatic heterocycles. The Bertz CT molecular complexity index is 535. The Morgan fingerprint density at radius 2 is 2.10 bits per heavy atom. The van der Waals surface area contributed by atoms with Crippen molar-refractivity contribution in [2.45, 2.75) is 40.0 Å². The number of carbonyl (C=O) groups is 1. The van der Waals surface area contributed by atoms with Crippen LogP contribution < -0.4 is 4.90 Å². The molecule has 0 aliphatic carbocycles. The number of rotatable bonds is 2. The second kappa shape index (κ2) is 5.65. The molecule has 108 valence electrons. The van der Waals surface area contributed by atoms with E-state index in [1.807, 2.05) is 49.9 Å². The summed E-state index contributed by atoms with van der Waals surface area (Å²) in [6.07, 6.45) is 2.29. The molecule has 0 fully saturated rings. The number of anilines is 1. The molecule has 1 amide bonds. The normalized spacial score (nSPS) is 17.8. The van der Waals surface area contributed by atoms with E-state index in [4.69, 9.17) is 0 Å². The van der Waals surface area contributed by atoms with Crippen molar-refractivity contribution in [3.8, 4) is 0 Å². The van der Waals surface area contributed by atoms with E-state index in [1.54, 1.807) is 0 Å². The van der Waals surface area contributed by atoms with Crippen molar-refractivity contribution >= 4 is 17.3 Å². The lowest BCUT2D eigenvalue weighted by Crippen LogP contribution is -2.41. The van der Waals surface area contributed by atoms with E-state index in [0.29, 0.717) is 18.7 Å². The molecular formula is C16H22N2O2. The van der Waals surface area contributed by atoms with E-state index in [0.717, 1.165) is 24.1 Å². The standard InChI is InChI=1S/C16H22N2O2/c1-4-16(2,3)15(19)18-11-7-9-13(17-20)12-8-5-6-10-14(12)18/h5-6,8,10,20H,4,7,9,11H2,1-3H3/b17-13-. The maximum atomic E-state index is 12.8. The number of hydrogen-bond acceptors (Lipinski definition) is 3. The summed E-state index contributed by atoms with van der Waals surface area (Å²) in [5.41, 5.74) is 1.98. The lowest BCUT2D eigenvalue weighted by atomic mass is 9.88. The van der Waals surface area contributed by atoms with Crippen LogP contribution in [-0.4, -0.2) is 23.4 Å². The molecule has 4 heteroatoms. The lowest BCUT2D eigenvalue weighted by Gasteiger charge is -2.31. The molecule has 1 aliphatic rings. The Morgan fingerprint density at radius 3 is 2.75 bits per heavy atom. The Balaban J connectivity index is 2.48. The molecule has 0 atom stereocenters.